The molecule has 0 aromatic heterocycles. The molecule has 1 unspecified atom stereocenters. The highest BCUT2D eigenvalue weighted by atomic mass is 16.5. The van der Waals surface area contributed by atoms with Crippen molar-refractivity contribution < 1.29 is 14.3 Å². The van der Waals surface area contributed by atoms with E-state index in [4.69, 9.17) is 9.47 Å². The fourth-order valence-electron chi connectivity index (χ4n) is 3.32. The summed E-state index contributed by atoms with van der Waals surface area (Å²) in [6, 6.07) is 7.59. The minimum absolute atomic E-state index is 0.104. The number of ether oxygens (including phenoxy) is 2. The van der Waals surface area contributed by atoms with Gasteiger partial charge in [0.05, 0.1) is 6.61 Å². The number of benzene rings is 1. The summed E-state index contributed by atoms with van der Waals surface area (Å²) in [6.07, 6.45) is 5.20. The Morgan fingerprint density at radius 1 is 1.18 bits per heavy atom. The highest BCUT2D eigenvalue weighted by molar-refractivity contribution is 5.97. The summed E-state index contributed by atoms with van der Waals surface area (Å²) in [4.78, 5) is 15.1. The van der Waals surface area contributed by atoms with Crippen molar-refractivity contribution in [2.45, 2.75) is 65.4 Å². The number of carbonyl (C=O) groups excluding carboxylic acids is 1. The minimum Gasteiger partial charge on any atom is -0.494 e. The summed E-state index contributed by atoms with van der Waals surface area (Å²) in [5.41, 5.74) is -0.0307. The second-order valence-corrected chi connectivity index (χ2v) is 8.14. The number of rotatable bonds is 11. The lowest BCUT2D eigenvalue weighted by Crippen LogP contribution is -2.42. The Labute approximate surface area is 170 Å². The SMILES string of the molecule is CCCOC(C)(CC)C(=O)Nc1ccc(OCCCN2CCC(C)CC2)cc1. The van der Waals surface area contributed by atoms with Crippen LogP contribution in [0.15, 0.2) is 24.3 Å². The number of hydrogen-bond acceptors (Lipinski definition) is 4. The summed E-state index contributed by atoms with van der Waals surface area (Å²) >= 11 is 0. The lowest BCUT2D eigenvalue weighted by molar-refractivity contribution is -0.139. The maximum Gasteiger partial charge on any atom is 0.256 e. The topological polar surface area (TPSA) is 50.8 Å². The van der Waals surface area contributed by atoms with Gasteiger partial charge in [0.1, 0.15) is 11.4 Å². The van der Waals surface area contributed by atoms with Gasteiger partial charge >= 0.3 is 0 Å². The smallest absolute Gasteiger partial charge is 0.256 e. The Hall–Kier alpha value is -1.59. The molecular formula is C23H38N2O3. The molecule has 0 spiro atoms. The first-order chi connectivity index (χ1) is 13.5. The Morgan fingerprint density at radius 3 is 2.46 bits per heavy atom. The van der Waals surface area contributed by atoms with Gasteiger partial charge in [0, 0.05) is 18.8 Å². The Bertz CT molecular complexity index is 582. The molecule has 5 nitrogen and oxygen atoms in total. The first kappa shape index (κ1) is 22.7. The molecular weight excluding hydrogens is 352 g/mol. The Morgan fingerprint density at radius 2 is 1.86 bits per heavy atom. The molecule has 1 fully saturated rings. The van der Waals surface area contributed by atoms with Crippen LogP contribution in [0, 0.1) is 5.92 Å². The molecule has 0 radical (unpaired) electrons. The van der Waals surface area contributed by atoms with Crippen molar-refractivity contribution in [2.75, 3.05) is 38.2 Å². The van der Waals surface area contributed by atoms with E-state index in [0.29, 0.717) is 13.0 Å². The molecule has 1 saturated heterocycles. The molecule has 5 heteroatoms. The van der Waals surface area contributed by atoms with Crippen LogP contribution in [0.1, 0.15) is 59.8 Å². The van der Waals surface area contributed by atoms with Crippen molar-refractivity contribution in [3.05, 3.63) is 24.3 Å². The number of likely N-dealkylation sites (tertiary alicyclic amines) is 1. The normalized spacial score (nSPS) is 17.9. The van der Waals surface area contributed by atoms with E-state index in [-0.39, 0.29) is 5.91 Å². The van der Waals surface area contributed by atoms with Gasteiger partial charge in [0.15, 0.2) is 0 Å². The fourth-order valence-corrected chi connectivity index (χ4v) is 3.32. The lowest BCUT2D eigenvalue weighted by Gasteiger charge is -2.30. The first-order valence-corrected chi connectivity index (χ1v) is 10.9. The average Bonchev–Trinajstić information content (AvgIpc) is 2.71. The van der Waals surface area contributed by atoms with Crippen LogP contribution in [0.5, 0.6) is 5.75 Å². The second kappa shape index (κ2) is 11.4. The number of nitrogens with zero attached hydrogens (tertiary/aromatic N) is 1. The molecule has 1 aromatic rings. The van der Waals surface area contributed by atoms with E-state index in [2.05, 4.69) is 17.1 Å². The monoisotopic (exact) mass is 390 g/mol. The molecule has 1 amide bonds. The molecule has 1 heterocycles. The quantitative estimate of drug-likeness (QED) is 0.556. The number of carbonyl (C=O) groups is 1. The van der Waals surface area contributed by atoms with E-state index in [0.717, 1.165) is 43.3 Å². The van der Waals surface area contributed by atoms with Gasteiger partial charge < -0.3 is 19.7 Å². The molecule has 1 atom stereocenters. The molecule has 0 aliphatic carbocycles. The maximum atomic E-state index is 12.6. The number of anilines is 1. The van der Waals surface area contributed by atoms with E-state index >= 15 is 0 Å². The fraction of sp³-hybridized carbons (Fsp3) is 0.696. The third kappa shape index (κ3) is 7.10. The molecule has 2 rings (SSSR count). The van der Waals surface area contributed by atoms with Crippen molar-refractivity contribution in [1.29, 1.82) is 0 Å². The van der Waals surface area contributed by atoms with E-state index < -0.39 is 5.60 Å². The van der Waals surface area contributed by atoms with Gasteiger partial charge in [-0.2, -0.15) is 0 Å². The summed E-state index contributed by atoms with van der Waals surface area (Å²) in [5.74, 6) is 1.61. The first-order valence-electron chi connectivity index (χ1n) is 10.9. The van der Waals surface area contributed by atoms with Crippen LogP contribution in [0.2, 0.25) is 0 Å². The maximum absolute atomic E-state index is 12.6. The van der Waals surface area contributed by atoms with Crippen LogP contribution in [0.3, 0.4) is 0 Å². The van der Waals surface area contributed by atoms with E-state index in [9.17, 15) is 4.79 Å². The van der Waals surface area contributed by atoms with E-state index in [1.54, 1.807) is 0 Å². The zero-order valence-corrected chi connectivity index (χ0v) is 18.1. The molecule has 28 heavy (non-hydrogen) atoms. The summed E-state index contributed by atoms with van der Waals surface area (Å²) in [7, 11) is 0. The predicted octanol–water partition coefficient (Wildman–Crippen LogP) is 4.72. The van der Waals surface area contributed by atoms with Gasteiger partial charge in [0.2, 0.25) is 0 Å². The minimum atomic E-state index is -0.794. The molecule has 158 valence electrons. The molecule has 0 saturated carbocycles. The van der Waals surface area contributed by atoms with Crippen LogP contribution in [-0.4, -0.2) is 49.3 Å². The van der Waals surface area contributed by atoms with Crippen molar-refractivity contribution >= 4 is 11.6 Å². The van der Waals surface area contributed by atoms with Crippen molar-refractivity contribution in [3.8, 4) is 5.75 Å². The van der Waals surface area contributed by atoms with Crippen LogP contribution in [0.25, 0.3) is 0 Å². The molecule has 1 aliphatic heterocycles. The van der Waals surface area contributed by atoms with Crippen LogP contribution in [-0.2, 0) is 9.53 Å². The van der Waals surface area contributed by atoms with Gasteiger partial charge in [-0.3, -0.25) is 4.79 Å². The molecule has 0 bridgehead atoms. The predicted molar refractivity (Wildman–Crippen MR) is 115 cm³/mol. The number of amides is 1. The van der Waals surface area contributed by atoms with Crippen molar-refractivity contribution in [1.82, 2.24) is 4.90 Å². The zero-order chi connectivity index (χ0) is 20.4. The van der Waals surface area contributed by atoms with Crippen LogP contribution < -0.4 is 10.1 Å². The third-order valence-corrected chi connectivity index (χ3v) is 5.66. The van der Waals surface area contributed by atoms with Gasteiger partial charge in [-0.05, 0) is 82.3 Å². The van der Waals surface area contributed by atoms with Gasteiger partial charge in [-0.1, -0.05) is 20.8 Å². The third-order valence-electron chi connectivity index (χ3n) is 5.66. The van der Waals surface area contributed by atoms with Crippen LogP contribution >= 0.6 is 0 Å². The summed E-state index contributed by atoms with van der Waals surface area (Å²) < 4.78 is 11.6. The highest BCUT2D eigenvalue weighted by Crippen LogP contribution is 2.21. The highest BCUT2D eigenvalue weighted by Gasteiger charge is 2.32. The molecule has 1 aliphatic rings. The van der Waals surface area contributed by atoms with Crippen LogP contribution in [0.4, 0.5) is 5.69 Å². The van der Waals surface area contributed by atoms with Gasteiger partial charge in [-0.25, -0.2) is 0 Å². The molecule has 1 aromatic carbocycles. The Kier molecular flexibility index (Phi) is 9.26. The standard InChI is InChI=1S/C23H38N2O3/c1-5-17-28-23(4,6-2)22(26)24-20-8-10-21(11-9-20)27-18-7-14-25-15-12-19(3)13-16-25/h8-11,19H,5-7,12-18H2,1-4H3,(H,24,26). The zero-order valence-electron chi connectivity index (χ0n) is 18.1. The van der Waals surface area contributed by atoms with E-state index in [1.807, 2.05) is 45.0 Å². The summed E-state index contributed by atoms with van der Waals surface area (Å²) in [5, 5.41) is 2.96. The second-order valence-electron chi connectivity index (χ2n) is 8.14. The average molecular weight is 391 g/mol. The number of nitrogens with one attached hydrogen (secondary N) is 1. The number of piperidine rings is 1. The molecule has 1 N–H and O–H groups in total. The number of hydrogen-bond donors (Lipinski definition) is 1. The largest absolute Gasteiger partial charge is 0.494 e. The Balaban J connectivity index is 1.72. The summed E-state index contributed by atoms with van der Waals surface area (Å²) in [6.45, 7) is 13.0. The van der Waals surface area contributed by atoms with Gasteiger partial charge in [0.25, 0.3) is 5.91 Å². The van der Waals surface area contributed by atoms with Gasteiger partial charge in [-0.15, -0.1) is 0 Å². The van der Waals surface area contributed by atoms with Crippen molar-refractivity contribution in [2.24, 2.45) is 5.92 Å². The van der Waals surface area contributed by atoms with Crippen molar-refractivity contribution in [3.63, 3.8) is 0 Å². The lowest BCUT2D eigenvalue weighted by atomic mass is 9.99. The van der Waals surface area contributed by atoms with E-state index in [1.165, 1.54) is 25.9 Å².